The monoisotopic (exact) mass is 228 g/mol. The molecule has 0 saturated heterocycles. The van der Waals surface area contributed by atoms with Crippen molar-refractivity contribution in [2.24, 2.45) is 0 Å². The van der Waals surface area contributed by atoms with Gasteiger partial charge in [-0.25, -0.2) is 0 Å². The lowest BCUT2D eigenvalue weighted by Crippen LogP contribution is -2.10. The summed E-state index contributed by atoms with van der Waals surface area (Å²) in [5, 5.41) is 13.6. The fourth-order valence-corrected chi connectivity index (χ4v) is 1.42. The van der Waals surface area contributed by atoms with E-state index in [0.717, 1.165) is 25.1 Å². The first-order valence-corrected chi connectivity index (χ1v) is 3.86. The molecule has 0 saturated carbocycles. The van der Waals surface area contributed by atoms with Crippen molar-refractivity contribution in [2.45, 2.75) is 12.8 Å². The molecular formula is C9H11BrNO. The Morgan fingerprint density at radius 2 is 2.17 bits per heavy atom. The number of nitrogens with zero attached hydrogens (tertiary/aromatic N) is 1. The van der Waals surface area contributed by atoms with E-state index in [1.54, 1.807) is 6.07 Å². The van der Waals surface area contributed by atoms with Crippen LogP contribution in [0.4, 0.5) is 5.69 Å². The van der Waals surface area contributed by atoms with Crippen LogP contribution < -0.4 is 5.32 Å². The number of aromatic hydroxyl groups is 1. The number of hydrogen-bond donors (Lipinski definition) is 1. The van der Waals surface area contributed by atoms with E-state index in [4.69, 9.17) is 0 Å². The van der Waals surface area contributed by atoms with Crippen LogP contribution in [0.5, 0.6) is 5.75 Å². The zero-order valence-electron chi connectivity index (χ0n) is 6.66. The molecule has 3 heteroatoms. The number of phenolic OH excluding ortho intramolecular Hbond substituents is 1. The maximum atomic E-state index is 9.36. The van der Waals surface area contributed by atoms with E-state index in [0.29, 0.717) is 5.75 Å². The van der Waals surface area contributed by atoms with E-state index < -0.39 is 0 Å². The Labute approximate surface area is 82.4 Å². The molecule has 0 bridgehead atoms. The fraction of sp³-hybridized carbons (Fsp3) is 0.333. The van der Waals surface area contributed by atoms with Gasteiger partial charge in [-0.2, -0.15) is 0 Å². The molecular weight excluding hydrogens is 218 g/mol. The van der Waals surface area contributed by atoms with Gasteiger partial charge in [0.2, 0.25) is 0 Å². The molecule has 0 unspecified atom stereocenters. The van der Waals surface area contributed by atoms with Gasteiger partial charge >= 0.3 is 0 Å². The number of para-hydroxylation sites is 1. The smallest absolute Gasteiger partial charge is 0.141 e. The van der Waals surface area contributed by atoms with Crippen LogP contribution in [0.1, 0.15) is 12.0 Å². The summed E-state index contributed by atoms with van der Waals surface area (Å²) < 4.78 is 0. The fourth-order valence-electron chi connectivity index (χ4n) is 1.42. The minimum absolute atomic E-state index is 0. The number of halogens is 1. The van der Waals surface area contributed by atoms with Crippen molar-refractivity contribution >= 4 is 22.7 Å². The number of phenols is 1. The second-order valence-corrected chi connectivity index (χ2v) is 2.77. The summed E-state index contributed by atoms with van der Waals surface area (Å²) in [5.74, 6) is 0.321. The van der Waals surface area contributed by atoms with Crippen molar-refractivity contribution < 1.29 is 5.11 Å². The molecule has 0 fully saturated rings. The molecule has 0 aliphatic carbocycles. The molecule has 1 radical (unpaired) electrons. The maximum Gasteiger partial charge on any atom is 0.141 e. The highest BCUT2D eigenvalue weighted by Gasteiger charge is 2.12. The Bertz CT molecular complexity index is 275. The normalized spacial score (nSPS) is 14.0. The summed E-state index contributed by atoms with van der Waals surface area (Å²) >= 11 is 0. The van der Waals surface area contributed by atoms with Crippen LogP contribution in [-0.2, 0) is 6.42 Å². The lowest BCUT2D eigenvalue weighted by atomic mass is 10.0. The molecule has 1 aromatic carbocycles. The summed E-state index contributed by atoms with van der Waals surface area (Å²) in [5.41, 5.74) is 1.98. The Morgan fingerprint density at radius 1 is 1.33 bits per heavy atom. The molecule has 1 heterocycles. The van der Waals surface area contributed by atoms with Gasteiger partial charge in [-0.05, 0) is 24.5 Å². The van der Waals surface area contributed by atoms with E-state index in [-0.39, 0.29) is 17.0 Å². The standard InChI is InChI=1S/C9H10NO.BrH/c11-8-5-1-3-7-4-2-6-10-9(7)8;/h1,3,5,11H,2,4,6H2;1H. The number of rotatable bonds is 0. The zero-order chi connectivity index (χ0) is 7.68. The van der Waals surface area contributed by atoms with Crippen LogP contribution >= 0.6 is 17.0 Å². The van der Waals surface area contributed by atoms with E-state index in [1.165, 1.54) is 5.56 Å². The van der Waals surface area contributed by atoms with E-state index in [2.05, 4.69) is 5.32 Å². The average molecular weight is 229 g/mol. The molecule has 1 aliphatic heterocycles. The Hall–Kier alpha value is -0.700. The van der Waals surface area contributed by atoms with Crippen LogP contribution in [0.15, 0.2) is 18.2 Å². The number of fused-ring (bicyclic) bond motifs is 1. The van der Waals surface area contributed by atoms with Crippen LogP contribution in [0.25, 0.3) is 0 Å². The molecule has 0 atom stereocenters. The van der Waals surface area contributed by atoms with Gasteiger partial charge in [0, 0.05) is 6.54 Å². The maximum absolute atomic E-state index is 9.36. The van der Waals surface area contributed by atoms with Gasteiger partial charge in [0.15, 0.2) is 0 Å². The Morgan fingerprint density at radius 3 is 2.92 bits per heavy atom. The van der Waals surface area contributed by atoms with Crippen molar-refractivity contribution in [3.8, 4) is 5.75 Å². The first-order valence-electron chi connectivity index (χ1n) is 3.86. The SMILES string of the molecule is Br.Oc1cccc2c1[N]CCC2. The van der Waals surface area contributed by atoms with Gasteiger partial charge in [-0.1, -0.05) is 12.1 Å². The molecule has 2 rings (SSSR count). The third kappa shape index (κ3) is 1.55. The Kier molecular flexibility index (Phi) is 2.98. The molecule has 1 aliphatic rings. The van der Waals surface area contributed by atoms with E-state index >= 15 is 0 Å². The van der Waals surface area contributed by atoms with Crippen molar-refractivity contribution in [2.75, 3.05) is 6.54 Å². The van der Waals surface area contributed by atoms with Gasteiger partial charge in [0.05, 0.1) is 0 Å². The number of hydrogen-bond acceptors (Lipinski definition) is 1. The highest BCUT2D eigenvalue weighted by molar-refractivity contribution is 8.93. The number of aryl methyl sites for hydroxylation is 1. The van der Waals surface area contributed by atoms with Gasteiger partial charge in [-0.3, -0.25) is 5.32 Å². The van der Waals surface area contributed by atoms with E-state index in [9.17, 15) is 5.11 Å². The summed E-state index contributed by atoms with van der Waals surface area (Å²) in [6.45, 7) is 0.852. The lowest BCUT2D eigenvalue weighted by Gasteiger charge is -2.15. The topological polar surface area (TPSA) is 34.3 Å². The number of benzene rings is 1. The van der Waals surface area contributed by atoms with Crippen molar-refractivity contribution in [1.29, 1.82) is 0 Å². The summed E-state index contributed by atoms with van der Waals surface area (Å²) in [6, 6.07) is 5.58. The predicted molar refractivity (Wildman–Crippen MR) is 53.4 cm³/mol. The van der Waals surface area contributed by atoms with Crippen molar-refractivity contribution in [1.82, 2.24) is 5.32 Å². The first kappa shape index (κ1) is 9.39. The zero-order valence-corrected chi connectivity index (χ0v) is 8.37. The van der Waals surface area contributed by atoms with Crippen LogP contribution in [-0.4, -0.2) is 11.7 Å². The molecule has 1 N–H and O–H groups in total. The van der Waals surface area contributed by atoms with Gasteiger partial charge in [-0.15, -0.1) is 17.0 Å². The van der Waals surface area contributed by atoms with Gasteiger partial charge in [0.1, 0.15) is 11.4 Å². The average Bonchev–Trinajstić information content (AvgIpc) is 2.06. The summed E-state index contributed by atoms with van der Waals surface area (Å²) in [4.78, 5) is 0. The predicted octanol–water partition coefficient (Wildman–Crippen LogP) is 2.15. The van der Waals surface area contributed by atoms with Crippen molar-refractivity contribution in [3.05, 3.63) is 23.8 Å². The summed E-state index contributed by atoms with van der Waals surface area (Å²) in [7, 11) is 0. The molecule has 0 spiro atoms. The highest BCUT2D eigenvalue weighted by atomic mass is 79.9. The third-order valence-corrected chi connectivity index (χ3v) is 1.97. The highest BCUT2D eigenvalue weighted by Crippen LogP contribution is 2.30. The summed E-state index contributed by atoms with van der Waals surface area (Å²) in [6.07, 6.45) is 2.16. The molecule has 0 amide bonds. The quantitative estimate of drug-likeness (QED) is 0.726. The van der Waals surface area contributed by atoms with Crippen LogP contribution in [0, 0.1) is 0 Å². The second-order valence-electron chi connectivity index (χ2n) is 2.77. The molecule has 1 aromatic rings. The van der Waals surface area contributed by atoms with E-state index in [1.807, 2.05) is 12.1 Å². The van der Waals surface area contributed by atoms with Crippen LogP contribution in [0.3, 0.4) is 0 Å². The Balaban J connectivity index is 0.000000720. The minimum atomic E-state index is 0. The second kappa shape index (κ2) is 3.81. The minimum Gasteiger partial charge on any atom is -0.506 e. The lowest BCUT2D eigenvalue weighted by molar-refractivity contribution is 0.469. The van der Waals surface area contributed by atoms with Gasteiger partial charge in [0.25, 0.3) is 0 Å². The molecule has 0 aromatic heterocycles. The van der Waals surface area contributed by atoms with Gasteiger partial charge < -0.3 is 5.11 Å². The third-order valence-electron chi connectivity index (χ3n) is 1.97. The first-order chi connectivity index (χ1) is 5.38. The van der Waals surface area contributed by atoms with Crippen LogP contribution in [0.2, 0.25) is 0 Å². The van der Waals surface area contributed by atoms with Crippen molar-refractivity contribution in [3.63, 3.8) is 0 Å². The molecule has 12 heavy (non-hydrogen) atoms. The largest absolute Gasteiger partial charge is 0.506 e. The molecule has 2 nitrogen and oxygen atoms in total. The molecule has 65 valence electrons.